The number of hydrogen-bond acceptors (Lipinski definition) is 4. The van der Waals surface area contributed by atoms with Gasteiger partial charge in [0.2, 0.25) is 5.91 Å². The molecule has 0 atom stereocenters. The van der Waals surface area contributed by atoms with Crippen molar-refractivity contribution >= 4 is 34.8 Å². The third-order valence-electron chi connectivity index (χ3n) is 3.25. The van der Waals surface area contributed by atoms with Crippen LogP contribution in [0.2, 0.25) is 5.02 Å². The maximum Gasteiger partial charge on any atom is 0.226 e. The molecule has 0 aliphatic heterocycles. The van der Waals surface area contributed by atoms with Crippen molar-refractivity contribution in [1.82, 2.24) is 10.6 Å². The van der Waals surface area contributed by atoms with Crippen molar-refractivity contribution in [2.75, 3.05) is 14.2 Å². The Labute approximate surface area is 147 Å². The molecule has 2 N–H and O–H groups in total. The molecule has 0 radical (unpaired) electrons. The minimum atomic E-state index is -0.0747. The van der Waals surface area contributed by atoms with Gasteiger partial charge in [-0.2, -0.15) is 0 Å². The van der Waals surface area contributed by atoms with Crippen LogP contribution in [0.4, 0.5) is 0 Å². The van der Waals surface area contributed by atoms with Gasteiger partial charge in [-0.1, -0.05) is 31.4 Å². The largest absolute Gasteiger partial charge is 0.493 e. The molecule has 0 aliphatic rings. The van der Waals surface area contributed by atoms with Crippen molar-refractivity contribution in [2.45, 2.75) is 39.2 Å². The van der Waals surface area contributed by atoms with Crippen molar-refractivity contribution in [3.05, 3.63) is 22.7 Å². The summed E-state index contributed by atoms with van der Waals surface area (Å²) in [5, 5.41) is 6.45. The van der Waals surface area contributed by atoms with Crippen LogP contribution in [-0.2, 0) is 11.3 Å². The summed E-state index contributed by atoms with van der Waals surface area (Å²) < 4.78 is 10.4. The van der Waals surface area contributed by atoms with Crippen LogP contribution in [-0.4, -0.2) is 25.2 Å². The second kappa shape index (κ2) is 10.3. The monoisotopic (exact) mass is 358 g/mol. The number of thiocarbonyl (C=S) groups is 1. The van der Waals surface area contributed by atoms with Gasteiger partial charge in [0.1, 0.15) is 0 Å². The van der Waals surface area contributed by atoms with Crippen molar-refractivity contribution in [3.63, 3.8) is 0 Å². The van der Waals surface area contributed by atoms with Crippen molar-refractivity contribution in [3.8, 4) is 11.5 Å². The zero-order chi connectivity index (χ0) is 17.2. The fourth-order valence-electron chi connectivity index (χ4n) is 1.98. The van der Waals surface area contributed by atoms with Gasteiger partial charge in [-0.25, -0.2) is 0 Å². The van der Waals surface area contributed by atoms with Gasteiger partial charge in [0.05, 0.1) is 14.2 Å². The van der Waals surface area contributed by atoms with E-state index in [0.29, 0.717) is 29.5 Å². The van der Waals surface area contributed by atoms with E-state index in [0.717, 1.165) is 24.8 Å². The highest BCUT2D eigenvalue weighted by atomic mass is 35.5. The quantitative estimate of drug-likeness (QED) is 0.550. The Hall–Kier alpha value is -1.53. The summed E-state index contributed by atoms with van der Waals surface area (Å²) in [6.45, 7) is 2.48. The first-order valence-corrected chi connectivity index (χ1v) is 8.28. The lowest BCUT2D eigenvalue weighted by molar-refractivity contribution is -0.119. The molecule has 0 heterocycles. The molecule has 0 spiro atoms. The number of benzene rings is 1. The molecule has 0 unspecified atom stereocenters. The molecule has 0 saturated heterocycles. The number of carbonyl (C=O) groups excluding carboxylic acids is 1. The number of hydrogen-bond donors (Lipinski definition) is 2. The summed E-state index contributed by atoms with van der Waals surface area (Å²) in [7, 11) is 3.11. The van der Waals surface area contributed by atoms with Crippen LogP contribution < -0.4 is 20.1 Å². The fraction of sp³-hybridized carbons (Fsp3) is 0.500. The molecule has 5 nitrogen and oxygen atoms in total. The van der Waals surface area contributed by atoms with E-state index < -0.39 is 0 Å². The SMILES string of the molecule is CCCCCC(=O)NC(=S)NCc1cc(OC)c(OC)cc1Cl. The summed E-state index contributed by atoms with van der Waals surface area (Å²) in [6.07, 6.45) is 3.46. The summed E-state index contributed by atoms with van der Waals surface area (Å²) in [4.78, 5) is 11.7. The van der Waals surface area contributed by atoms with Crippen molar-refractivity contribution in [1.29, 1.82) is 0 Å². The van der Waals surface area contributed by atoms with E-state index in [9.17, 15) is 4.79 Å². The van der Waals surface area contributed by atoms with E-state index in [2.05, 4.69) is 17.6 Å². The van der Waals surface area contributed by atoms with Gasteiger partial charge in [0.15, 0.2) is 16.6 Å². The number of halogens is 1. The number of carbonyl (C=O) groups is 1. The smallest absolute Gasteiger partial charge is 0.226 e. The maximum atomic E-state index is 11.7. The predicted molar refractivity (Wildman–Crippen MR) is 96.3 cm³/mol. The molecule has 0 bridgehead atoms. The minimum Gasteiger partial charge on any atom is -0.493 e. The van der Waals surface area contributed by atoms with Crippen LogP contribution >= 0.6 is 23.8 Å². The Morgan fingerprint density at radius 2 is 1.87 bits per heavy atom. The first-order chi connectivity index (χ1) is 11.0. The lowest BCUT2D eigenvalue weighted by atomic mass is 10.2. The topological polar surface area (TPSA) is 59.6 Å². The van der Waals surface area contributed by atoms with Gasteiger partial charge >= 0.3 is 0 Å². The van der Waals surface area contributed by atoms with Gasteiger partial charge in [-0.3, -0.25) is 4.79 Å². The highest BCUT2D eigenvalue weighted by Crippen LogP contribution is 2.32. The lowest BCUT2D eigenvalue weighted by Gasteiger charge is -2.13. The number of methoxy groups -OCH3 is 2. The van der Waals surface area contributed by atoms with Crippen LogP contribution in [0.25, 0.3) is 0 Å². The normalized spacial score (nSPS) is 10.1. The Morgan fingerprint density at radius 3 is 2.48 bits per heavy atom. The van der Waals surface area contributed by atoms with E-state index in [1.54, 1.807) is 26.4 Å². The first kappa shape index (κ1) is 19.5. The summed E-state index contributed by atoms with van der Waals surface area (Å²) in [6, 6.07) is 3.46. The lowest BCUT2D eigenvalue weighted by Crippen LogP contribution is -2.38. The molecule has 1 aromatic rings. The minimum absolute atomic E-state index is 0.0747. The van der Waals surface area contributed by atoms with Crippen LogP contribution in [0.3, 0.4) is 0 Å². The number of nitrogens with one attached hydrogen (secondary N) is 2. The van der Waals surface area contributed by atoms with Crippen molar-refractivity contribution in [2.24, 2.45) is 0 Å². The van der Waals surface area contributed by atoms with Gasteiger partial charge in [-0.05, 0) is 30.3 Å². The van der Waals surface area contributed by atoms with Crippen LogP contribution in [0.5, 0.6) is 11.5 Å². The Kier molecular flexibility index (Phi) is 8.73. The zero-order valence-corrected chi connectivity index (χ0v) is 15.3. The highest BCUT2D eigenvalue weighted by Gasteiger charge is 2.11. The molecule has 1 rings (SSSR count). The van der Waals surface area contributed by atoms with Gasteiger partial charge in [-0.15, -0.1) is 0 Å². The molecule has 0 saturated carbocycles. The zero-order valence-electron chi connectivity index (χ0n) is 13.7. The van der Waals surface area contributed by atoms with Crippen LogP contribution in [0.1, 0.15) is 38.2 Å². The molecule has 1 amide bonds. The maximum absolute atomic E-state index is 11.7. The molecular weight excluding hydrogens is 336 g/mol. The van der Waals surface area contributed by atoms with E-state index in [4.69, 9.17) is 33.3 Å². The molecule has 1 aromatic carbocycles. The molecule has 0 fully saturated rings. The highest BCUT2D eigenvalue weighted by molar-refractivity contribution is 7.80. The number of unbranched alkanes of at least 4 members (excludes halogenated alkanes) is 2. The molecule has 23 heavy (non-hydrogen) atoms. The molecule has 128 valence electrons. The third-order valence-corrected chi connectivity index (χ3v) is 3.85. The molecule has 7 heteroatoms. The van der Waals surface area contributed by atoms with Crippen molar-refractivity contribution < 1.29 is 14.3 Å². The van der Waals surface area contributed by atoms with E-state index in [1.165, 1.54) is 0 Å². The van der Waals surface area contributed by atoms with Gasteiger partial charge in [0, 0.05) is 24.1 Å². The van der Waals surface area contributed by atoms with E-state index >= 15 is 0 Å². The number of amides is 1. The van der Waals surface area contributed by atoms with Gasteiger partial charge in [0.25, 0.3) is 0 Å². The standard InChI is InChI=1S/C16H23ClN2O3S/c1-4-5-6-7-15(20)19-16(23)18-10-11-8-13(21-2)14(22-3)9-12(11)17/h8-9H,4-7,10H2,1-3H3,(H2,18,19,20,23). The molecule has 0 aromatic heterocycles. The van der Waals surface area contributed by atoms with Gasteiger partial charge < -0.3 is 20.1 Å². The van der Waals surface area contributed by atoms with E-state index in [-0.39, 0.29) is 11.0 Å². The third kappa shape index (κ3) is 6.62. The average molecular weight is 359 g/mol. The fourth-order valence-corrected chi connectivity index (χ4v) is 2.38. The van der Waals surface area contributed by atoms with Crippen LogP contribution in [0, 0.1) is 0 Å². The number of rotatable bonds is 8. The molecular formula is C16H23ClN2O3S. The Morgan fingerprint density at radius 1 is 1.22 bits per heavy atom. The average Bonchev–Trinajstić information content (AvgIpc) is 2.53. The van der Waals surface area contributed by atoms with E-state index in [1.807, 2.05) is 0 Å². The second-order valence-electron chi connectivity index (χ2n) is 4.99. The second-order valence-corrected chi connectivity index (χ2v) is 5.80. The summed E-state index contributed by atoms with van der Waals surface area (Å²) in [5.41, 5.74) is 0.798. The summed E-state index contributed by atoms with van der Waals surface area (Å²) >= 11 is 11.3. The van der Waals surface area contributed by atoms with Crippen LogP contribution in [0.15, 0.2) is 12.1 Å². The number of ether oxygens (including phenoxy) is 2. The predicted octanol–water partition coefficient (Wildman–Crippen LogP) is 3.43. The summed E-state index contributed by atoms with van der Waals surface area (Å²) in [5.74, 6) is 1.07. The first-order valence-electron chi connectivity index (χ1n) is 7.49. The Bertz CT molecular complexity index is 552. The Balaban J connectivity index is 2.54. The molecule has 0 aliphatic carbocycles.